The molecule has 0 aliphatic carbocycles. The molecule has 2 aliphatic rings. The minimum absolute atomic E-state index is 0. The Bertz CT molecular complexity index is 784. The minimum Gasteiger partial charge on any atom is -0.347 e. The summed E-state index contributed by atoms with van der Waals surface area (Å²) < 4.78 is 0. The van der Waals surface area contributed by atoms with E-state index in [4.69, 9.17) is 4.98 Å². The van der Waals surface area contributed by atoms with Crippen molar-refractivity contribution in [1.82, 2.24) is 26.5 Å². The van der Waals surface area contributed by atoms with Gasteiger partial charge in [0.15, 0.2) is 0 Å². The number of halogens is 1. The molecule has 2 fully saturated rings. The molecule has 1 aromatic carbocycles. The monoisotopic (exact) mass is 407 g/mol. The van der Waals surface area contributed by atoms with E-state index < -0.39 is 0 Å². The van der Waals surface area contributed by atoms with E-state index in [2.05, 4.69) is 33.6 Å². The predicted molar refractivity (Wildman–Crippen MR) is 111 cm³/mol. The summed E-state index contributed by atoms with van der Waals surface area (Å²) >= 11 is 1.65. The number of amides is 1. The number of carbonyl (C=O) groups is 1. The molecule has 2 saturated heterocycles. The zero-order chi connectivity index (χ0) is 18.1. The molecule has 1 amide bonds. The molecule has 0 spiro atoms. The lowest BCUT2D eigenvalue weighted by Gasteiger charge is -2.28. The van der Waals surface area contributed by atoms with Crippen LogP contribution in [0.15, 0.2) is 30.3 Å². The number of rotatable bonds is 4. The van der Waals surface area contributed by atoms with Gasteiger partial charge < -0.3 is 10.6 Å². The van der Waals surface area contributed by atoms with Gasteiger partial charge in [-0.1, -0.05) is 30.3 Å². The summed E-state index contributed by atoms with van der Waals surface area (Å²) in [5.74, 6) is 0.341. The van der Waals surface area contributed by atoms with Crippen molar-refractivity contribution in [2.75, 3.05) is 13.1 Å². The van der Waals surface area contributed by atoms with Gasteiger partial charge in [-0.25, -0.2) is 10.4 Å². The Labute approximate surface area is 169 Å². The van der Waals surface area contributed by atoms with Gasteiger partial charge in [-0.15, -0.1) is 23.7 Å². The van der Waals surface area contributed by atoms with Crippen LogP contribution >= 0.6 is 23.7 Å². The van der Waals surface area contributed by atoms with Crippen LogP contribution in [0.4, 0.5) is 0 Å². The largest absolute Gasteiger partial charge is 0.347 e. The van der Waals surface area contributed by atoms with E-state index in [1.54, 1.807) is 11.3 Å². The van der Waals surface area contributed by atoms with Crippen molar-refractivity contribution in [3.63, 3.8) is 0 Å². The van der Waals surface area contributed by atoms with Crippen molar-refractivity contribution >= 4 is 29.7 Å². The van der Waals surface area contributed by atoms with E-state index in [-0.39, 0.29) is 30.4 Å². The Balaban J connectivity index is 0.00000210. The Morgan fingerprint density at radius 1 is 1.30 bits per heavy atom. The summed E-state index contributed by atoms with van der Waals surface area (Å²) in [6.07, 6.45) is 1.05. The standard InChI is InChI=1S/C19H25N5OS.ClH/c1-11(17-12(2)22-19(26-17)13-6-4-3-5-7-13)21-18(25)16-14-10-20-9-8-15(14)23-24-16;/h3-7,11,14-16,20,23-24H,8-10H2,1-2H3,(H,21,25);1H. The van der Waals surface area contributed by atoms with Gasteiger partial charge in [0.2, 0.25) is 5.91 Å². The Hall–Kier alpha value is -1.51. The third-order valence-electron chi connectivity index (χ3n) is 5.27. The highest BCUT2D eigenvalue weighted by Gasteiger charge is 2.41. The summed E-state index contributed by atoms with van der Waals surface area (Å²) in [6, 6.07) is 10.3. The van der Waals surface area contributed by atoms with Gasteiger partial charge >= 0.3 is 0 Å². The quantitative estimate of drug-likeness (QED) is 0.624. The molecule has 4 unspecified atom stereocenters. The van der Waals surface area contributed by atoms with Gasteiger partial charge in [-0.05, 0) is 26.8 Å². The lowest BCUT2D eigenvalue weighted by atomic mass is 9.89. The zero-order valence-corrected chi connectivity index (χ0v) is 17.1. The van der Waals surface area contributed by atoms with Crippen LogP contribution in [0.1, 0.15) is 30.0 Å². The van der Waals surface area contributed by atoms with Crippen molar-refractivity contribution in [3.05, 3.63) is 40.9 Å². The van der Waals surface area contributed by atoms with Gasteiger partial charge in [0.05, 0.1) is 16.6 Å². The van der Waals surface area contributed by atoms with Crippen molar-refractivity contribution in [1.29, 1.82) is 0 Å². The van der Waals surface area contributed by atoms with E-state index in [1.807, 2.05) is 32.0 Å². The van der Waals surface area contributed by atoms with E-state index in [9.17, 15) is 4.79 Å². The second-order valence-electron chi connectivity index (χ2n) is 7.09. The molecule has 3 heterocycles. The number of piperidine rings is 1. The molecule has 0 radical (unpaired) electrons. The van der Waals surface area contributed by atoms with Crippen molar-refractivity contribution in [2.24, 2.45) is 5.92 Å². The van der Waals surface area contributed by atoms with Gasteiger partial charge in [0.1, 0.15) is 11.0 Å². The maximum Gasteiger partial charge on any atom is 0.239 e. The minimum atomic E-state index is -0.197. The Morgan fingerprint density at radius 3 is 2.85 bits per heavy atom. The highest BCUT2D eigenvalue weighted by atomic mass is 35.5. The van der Waals surface area contributed by atoms with E-state index in [0.717, 1.165) is 40.7 Å². The predicted octanol–water partition coefficient (Wildman–Crippen LogP) is 2.17. The number of hydrogen-bond acceptors (Lipinski definition) is 6. The maximum atomic E-state index is 12.8. The van der Waals surface area contributed by atoms with Crippen LogP contribution in [0.2, 0.25) is 0 Å². The number of nitrogens with one attached hydrogen (secondary N) is 4. The molecule has 4 atom stereocenters. The fourth-order valence-corrected chi connectivity index (χ4v) is 4.93. The first-order valence-electron chi connectivity index (χ1n) is 9.18. The normalized spacial score (nSPS) is 25.3. The van der Waals surface area contributed by atoms with Crippen LogP contribution in [-0.4, -0.2) is 36.1 Å². The SMILES string of the molecule is Cc1nc(-c2ccccc2)sc1C(C)NC(=O)C1NNC2CCNCC21.Cl. The highest BCUT2D eigenvalue weighted by molar-refractivity contribution is 7.15. The number of aryl methyl sites for hydroxylation is 1. The summed E-state index contributed by atoms with van der Waals surface area (Å²) in [5.41, 5.74) is 8.56. The van der Waals surface area contributed by atoms with E-state index in [0.29, 0.717) is 12.0 Å². The van der Waals surface area contributed by atoms with Crippen LogP contribution in [0.3, 0.4) is 0 Å². The van der Waals surface area contributed by atoms with Crippen molar-refractivity contribution in [2.45, 2.75) is 38.4 Å². The second kappa shape index (κ2) is 8.67. The lowest BCUT2D eigenvalue weighted by Crippen LogP contribution is -2.49. The number of aromatic nitrogens is 1. The molecule has 27 heavy (non-hydrogen) atoms. The molecular weight excluding hydrogens is 382 g/mol. The fourth-order valence-electron chi connectivity index (χ4n) is 3.86. The molecule has 6 nitrogen and oxygen atoms in total. The molecule has 2 aromatic rings. The van der Waals surface area contributed by atoms with Crippen LogP contribution in [0, 0.1) is 12.8 Å². The Morgan fingerprint density at radius 2 is 2.07 bits per heavy atom. The van der Waals surface area contributed by atoms with Crippen LogP contribution in [0.5, 0.6) is 0 Å². The summed E-state index contributed by atoms with van der Waals surface area (Å²) in [5, 5.41) is 7.56. The molecule has 8 heteroatoms. The average molecular weight is 408 g/mol. The number of nitrogens with zero attached hydrogens (tertiary/aromatic N) is 1. The number of carbonyl (C=O) groups excluding carboxylic acids is 1. The number of hydrazine groups is 1. The van der Waals surface area contributed by atoms with Crippen molar-refractivity contribution < 1.29 is 4.79 Å². The fraction of sp³-hybridized carbons (Fsp3) is 0.474. The molecule has 4 N–H and O–H groups in total. The first-order valence-corrected chi connectivity index (χ1v) is 10.00. The molecule has 0 saturated carbocycles. The van der Waals surface area contributed by atoms with E-state index in [1.165, 1.54) is 0 Å². The molecule has 1 aromatic heterocycles. The summed E-state index contributed by atoms with van der Waals surface area (Å²) in [7, 11) is 0. The first-order chi connectivity index (χ1) is 12.6. The lowest BCUT2D eigenvalue weighted by molar-refractivity contribution is -0.124. The van der Waals surface area contributed by atoms with E-state index >= 15 is 0 Å². The van der Waals surface area contributed by atoms with Gasteiger partial charge in [-0.2, -0.15) is 0 Å². The van der Waals surface area contributed by atoms with Crippen LogP contribution < -0.4 is 21.5 Å². The van der Waals surface area contributed by atoms with Crippen LogP contribution in [-0.2, 0) is 4.79 Å². The summed E-state index contributed by atoms with van der Waals surface area (Å²) in [6.45, 7) is 5.92. The molecule has 0 bridgehead atoms. The number of thiazole rings is 1. The van der Waals surface area contributed by atoms with Gasteiger partial charge in [-0.3, -0.25) is 10.2 Å². The third-order valence-corrected chi connectivity index (χ3v) is 6.66. The third kappa shape index (κ3) is 4.17. The smallest absolute Gasteiger partial charge is 0.239 e. The van der Waals surface area contributed by atoms with Gasteiger partial charge in [0, 0.05) is 24.1 Å². The average Bonchev–Trinajstić information content (AvgIpc) is 3.26. The maximum absolute atomic E-state index is 12.8. The van der Waals surface area contributed by atoms with Crippen molar-refractivity contribution in [3.8, 4) is 10.6 Å². The number of hydrogen-bond donors (Lipinski definition) is 4. The summed E-state index contributed by atoms with van der Waals surface area (Å²) in [4.78, 5) is 18.6. The molecule has 2 aliphatic heterocycles. The first kappa shape index (κ1) is 20.2. The highest BCUT2D eigenvalue weighted by Crippen LogP contribution is 2.32. The zero-order valence-electron chi connectivity index (χ0n) is 15.5. The second-order valence-corrected chi connectivity index (χ2v) is 8.13. The van der Waals surface area contributed by atoms with Crippen LogP contribution in [0.25, 0.3) is 10.6 Å². The van der Waals surface area contributed by atoms with Gasteiger partial charge in [0.25, 0.3) is 0 Å². The molecular formula is C19H26ClN5OS. The number of benzene rings is 1. The topological polar surface area (TPSA) is 78.1 Å². The number of fused-ring (bicyclic) bond motifs is 1. The Kier molecular flexibility index (Phi) is 6.49. The molecule has 4 rings (SSSR count). The molecule has 146 valence electrons.